The number of methoxy groups -OCH3 is 1. The first kappa shape index (κ1) is 14.3. The monoisotopic (exact) mass is 258 g/mol. The van der Waals surface area contributed by atoms with Gasteiger partial charge in [-0.15, -0.1) is 0 Å². The lowest BCUT2D eigenvalue weighted by Gasteiger charge is -2.14. The van der Waals surface area contributed by atoms with Crippen LogP contribution in [0.5, 0.6) is 5.88 Å². The molecule has 0 radical (unpaired) electrons. The van der Waals surface area contributed by atoms with Crippen LogP contribution in [-0.4, -0.2) is 23.6 Å². The van der Waals surface area contributed by atoms with Gasteiger partial charge in [-0.25, -0.2) is 9.37 Å². The average Bonchev–Trinajstić information content (AvgIpc) is 2.28. The molecule has 1 aromatic rings. The molecule has 1 aromatic heterocycles. The summed E-state index contributed by atoms with van der Waals surface area (Å²) in [5, 5.41) is 0. The van der Waals surface area contributed by atoms with E-state index in [1.807, 2.05) is 0 Å². The van der Waals surface area contributed by atoms with Gasteiger partial charge in [0.25, 0.3) is 0 Å². The van der Waals surface area contributed by atoms with Gasteiger partial charge < -0.3 is 10.5 Å². The van der Waals surface area contributed by atoms with E-state index in [-0.39, 0.29) is 11.9 Å². The normalized spacial score (nSPS) is 12.8. The van der Waals surface area contributed by atoms with Crippen LogP contribution in [0, 0.1) is 11.7 Å². The number of pyridine rings is 1. The molecular weight excluding hydrogens is 239 g/mol. The summed E-state index contributed by atoms with van der Waals surface area (Å²) in [6, 6.07) is 1.29. The van der Waals surface area contributed by atoms with Crippen molar-refractivity contribution in [3.8, 4) is 5.88 Å². The van der Waals surface area contributed by atoms with Crippen LogP contribution in [0.25, 0.3) is 0 Å². The van der Waals surface area contributed by atoms with Crippen molar-refractivity contribution in [1.29, 1.82) is 0 Å². The predicted molar refractivity (Wildman–Crippen MR) is 69.8 cm³/mol. The highest BCUT2D eigenvalue weighted by Crippen LogP contribution is 2.24. The molecule has 96 valence electrons. The second-order valence-electron chi connectivity index (χ2n) is 4.26. The maximum absolute atomic E-state index is 13.8. The number of aromatic nitrogens is 1. The fourth-order valence-corrected chi connectivity index (χ4v) is 2.43. The summed E-state index contributed by atoms with van der Waals surface area (Å²) in [5.74, 6) is 1.89. The van der Waals surface area contributed by atoms with E-state index < -0.39 is 5.82 Å². The summed E-state index contributed by atoms with van der Waals surface area (Å²) in [4.78, 5) is 3.79. The largest absolute Gasteiger partial charge is 0.479 e. The summed E-state index contributed by atoms with van der Waals surface area (Å²) in [6.45, 7) is 4.29. The van der Waals surface area contributed by atoms with Gasteiger partial charge in [0, 0.05) is 23.6 Å². The summed E-state index contributed by atoms with van der Waals surface area (Å²) >= 11 is 1.73. The molecule has 5 heteroatoms. The highest BCUT2D eigenvalue weighted by molar-refractivity contribution is 7.99. The van der Waals surface area contributed by atoms with Gasteiger partial charge in [-0.1, -0.05) is 13.8 Å². The Bertz CT molecular complexity index is 360. The van der Waals surface area contributed by atoms with Gasteiger partial charge in [-0.3, -0.25) is 0 Å². The van der Waals surface area contributed by atoms with Crippen molar-refractivity contribution in [3.05, 3.63) is 23.6 Å². The van der Waals surface area contributed by atoms with E-state index in [0.717, 1.165) is 5.75 Å². The molecule has 0 fully saturated rings. The van der Waals surface area contributed by atoms with Gasteiger partial charge in [0.2, 0.25) is 5.88 Å². The van der Waals surface area contributed by atoms with Crippen molar-refractivity contribution >= 4 is 11.8 Å². The van der Waals surface area contributed by atoms with E-state index in [2.05, 4.69) is 18.8 Å². The Balaban J connectivity index is 2.65. The minimum absolute atomic E-state index is 0.00631. The molecule has 0 amide bonds. The topological polar surface area (TPSA) is 48.1 Å². The number of ether oxygens (including phenoxy) is 1. The molecule has 0 spiro atoms. The number of nitrogens with zero attached hydrogens (tertiary/aromatic N) is 1. The average molecular weight is 258 g/mol. The second-order valence-corrected chi connectivity index (χ2v) is 5.34. The zero-order valence-corrected chi connectivity index (χ0v) is 11.3. The van der Waals surface area contributed by atoms with Gasteiger partial charge in [0.05, 0.1) is 7.11 Å². The Morgan fingerprint density at radius 3 is 2.76 bits per heavy atom. The zero-order chi connectivity index (χ0) is 12.8. The van der Waals surface area contributed by atoms with Gasteiger partial charge in [-0.2, -0.15) is 11.8 Å². The molecule has 0 aliphatic heterocycles. The van der Waals surface area contributed by atoms with Crippen molar-refractivity contribution in [3.63, 3.8) is 0 Å². The molecule has 3 nitrogen and oxygen atoms in total. The Morgan fingerprint density at radius 2 is 2.18 bits per heavy atom. The molecule has 0 saturated heterocycles. The Kier molecular flexibility index (Phi) is 5.71. The number of halogens is 1. The van der Waals surface area contributed by atoms with Crippen LogP contribution in [0.4, 0.5) is 4.39 Å². The first-order chi connectivity index (χ1) is 8.06. The number of nitrogens with two attached hydrogens (primary N) is 1. The Labute approximate surface area is 106 Å². The van der Waals surface area contributed by atoms with E-state index in [1.165, 1.54) is 13.3 Å². The third-order valence-electron chi connectivity index (χ3n) is 2.23. The second kappa shape index (κ2) is 6.81. The van der Waals surface area contributed by atoms with Crippen molar-refractivity contribution in [2.45, 2.75) is 19.9 Å². The minimum Gasteiger partial charge on any atom is -0.479 e. The van der Waals surface area contributed by atoms with E-state index in [1.54, 1.807) is 17.8 Å². The first-order valence-corrected chi connectivity index (χ1v) is 6.73. The third-order valence-corrected chi connectivity index (χ3v) is 3.73. The lowest BCUT2D eigenvalue weighted by molar-refractivity contribution is 0.365. The molecule has 1 rings (SSSR count). The molecule has 0 aliphatic carbocycles. The van der Waals surface area contributed by atoms with Crippen molar-refractivity contribution in [2.24, 2.45) is 11.7 Å². The summed E-state index contributed by atoms with van der Waals surface area (Å²) in [5.41, 5.74) is 6.43. The van der Waals surface area contributed by atoms with Gasteiger partial charge in [0.1, 0.15) is 0 Å². The maximum atomic E-state index is 13.8. The molecule has 0 bridgehead atoms. The highest BCUT2D eigenvalue weighted by atomic mass is 32.2. The molecular formula is C12H19FN2OS. The smallest absolute Gasteiger partial charge is 0.250 e. The van der Waals surface area contributed by atoms with Crippen LogP contribution in [0.2, 0.25) is 0 Å². The van der Waals surface area contributed by atoms with Gasteiger partial charge in [-0.05, 0) is 17.7 Å². The van der Waals surface area contributed by atoms with E-state index >= 15 is 0 Å². The number of thioether (sulfide) groups is 1. The molecule has 1 atom stereocenters. The van der Waals surface area contributed by atoms with E-state index in [4.69, 9.17) is 10.5 Å². The van der Waals surface area contributed by atoms with Crippen LogP contribution in [0.15, 0.2) is 12.3 Å². The van der Waals surface area contributed by atoms with Crippen LogP contribution in [0.3, 0.4) is 0 Å². The summed E-state index contributed by atoms with van der Waals surface area (Å²) in [7, 11) is 1.40. The standard InChI is InChI=1S/C12H19FN2OS/c1-8(2)6-17-7-10(14)9-4-5-15-12(16-3)11(9)13/h4-5,8,10H,6-7,14H2,1-3H3. The number of rotatable bonds is 6. The zero-order valence-electron chi connectivity index (χ0n) is 10.4. The lowest BCUT2D eigenvalue weighted by Crippen LogP contribution is -2.16. The van der Waals surface area contributed by atoms with Crippen molar-refractivity contribution in [1.82, 2.24) is 4.98 Å². The highest BCUT2D eigenvalue weighted by Gasteiger charge is 2.16. The Hall–Kier alpha value is -0.810. The molecule has 2 N–H and O–H groups in total. The minimum atomic E-state index is -0.451. The molecule has 1 heterocycles. The van der Waals surface area contributed by atoms with Crippen molar-refractivity contribution < 1.29 is 9.13 Å². The summed E-state index contributed by atoms with van der Waals surface area (Å²) in [6.07, 6.45) is 1.52. The predicted octanol–water partition coefficient (Wildman–Crippen LogP) is 2.62. The lowest BCUT2D eigenvalue weighted by atomic mass is 10.1. The molecule has 1 unspecified atom stereocenters. The summed E-state index contributed by atoms with van der Waals surface area (Å²) < 4.78 is 18.7. The number of hydrogen-bond donors (Lipinski definition) is 1. The van der Waals surface area contributed by atoms with Crippen LogP contribution in [0.1, 0.15) is 25.5 Å². The molecule has 0 saturated carbocycles. The van der Waals surface area contributed by atoms with Crippen LogP contribution < -0.4 is 10.5 Å². The SMILES string of the molecule is COc1nccc(C(N)CSCC(C)C)c1F. The molecule has 17 heavy (non-hydrogen) atoms. The van der Waals surface area contributed by atoms with Gasteiger partial charge >= 0.3 is 0 Å². The van der Waals surface area contributed by atoms with E-state index in [9.17, 15) is 4.39 Å². The van der Waals surface area contributed by atoms with Crippen molar-refractivity contribution in [2.75, 3.05) is 18.6 Å². The van der Waals surface area contributed by atoms with Crippen LogP contribution >= 0.6 is 11.8 Å². The van der Waals surface area contributed by atoms with Crippen LogP contribution in [-0.2, 0) is 0 Å². The molecule has 0 aliphatic rings. The molecule has 0 aromatic carbocycles. The van der Waals surface area contributed by atoms with E-state index in [0.29, 0.717) is 17.2 Å². The van der Waals surface area contributed by atoms with Gasteiger partial charge in [0.15, 0.2) is 5.82 Å². The third kappa shape index (κ3) is 4.16. The fourth-order valence-electron chi connectivity index (χ4n) is 1.39. The quantitative estimate of drug-likeness (QED) is 0.852. The fraction of sp³-hybridized carbons (Fsp3) is 0.583. The first-order valence-electron chi connectivity index (χ1n) is 5.58. The number of hydrogen-bond acceptors (Lipinski definition) is 4. The Morgan fingerprint density at radius 1 is 1.47 bits per heavy atom. The maximum Gasteiger partial charge on any atom is 0.250 e.